The Morgan fingerprint density at radius 1 is 0.844 bits per heavy atom. The summed E-state index contributed by atoms with van der Waals surface area (Å²) in [4.78, 5) is 8.56. The molecule has 1 atom stereocenters. The third-order valence-electron chi connectivity index (χ3n) is 4.57. The lowest BCUT2D eigenvalue weighted by atomic mass is 9.77. The Labute approximate surface area is 218 Å². The van der Waals surface area contributed by atoms with Gasteiger partial charge in [0.25, 0.3) is 0 Å². The van der Waals surface area contributed by atoms with Gasteiger partial charge in [-0.05, 0) is 106 Å². The summed E-state index contributed by atoms with van der Waals surface area (Å²) in [6.07, 6.45) is -1.83. The smallest absolute Gasteiger partial charge is 0.503 e. The molecule has 3 rings (SSSR count). The maximum absolute atomic E-state index is 10.4. The van der Waals surface area contributed by atoms with Crippen LogP contribution in [0.5, 0.6) is 17.2 Å². The number of carboxylic acid groups (broad SMARTS) is 2. The number of benzene rings is 3. The summed E-state index contributed by atoms with van der Waals surface area (Å²) in [6.45, 7) is 2.39. The lowest BCUT2D eigenvalue weighted by Crippen LogP contribution is -2.32. The van der Waals surface area contributed by atoms with Crippen molar-refractivity contribution in [3.05, 3.63) is 83.6 Å². The summed E-state index contributed by atoms with van der Waals surface area (Å²) in [6, 6.07) is 16.7. The average Bonchev–Trinajstić information content (AvgIpc) is 2.76. The van der Waals surface area contributed by atoms with Crippen molar-refractivity contribution in [1.29, 1.82) is 0 Å². The van der Waals surface area contributed by atoms with Crippen LogP contribution >= 0.6 is 63.7 Å². The van der Waals surface area contributed by atoms with Crippen LogP contribution in [-0.4, -0.2) is 33.2 Å². The van der Waals surface area contributed by atoms with Crippen molar-refractivity contribution >= 4 is 69.9 Å². The van der Waals surface area contributed by atoms with Crippen LogP contribution in [0.15, 0.2) is 72.5 Å². The fraction of sp³-hybridized carbons (Fsp3) is 0.136. The summed E-state index contributed by atoms with van der Waals surface area (Å²) in [7, 11) is 0. The predicted octanol–water partition coefficient (Wildman–Crippen LogP) is 7.76. The molecule has 10 heteroatoms. The van der Waals surface area contributed by atoms with E-state index in [2.05, 4.69) is 70.6 Å². The molecule has 0 aliphatic heterocycles. The molecule has 0 bridgehead atoms. The van der Waals surface area contributed by atoms with Crippen molar-refractivity contribution in [3.63, 3.8) is 0 Å². The molecule has 0 spiro atoms. The summed E-state index contributed by atoms with van der Waals surface area (Å²) in [5.74, 6) is 1.05. The first-order chi connectivity index (χ1) is 15.0. The van der Waals surface area contributed by atoms with Gasteiger partial charge in [-0.1, -0.05) is 30.3 Å². The maximum Gasteiger partial charge on any atom is 0.503 e. The molecule has 1 unspecified atom stereocenters. The van der Waals surface area contributed by atoms with Gasteiger partial charge in [0.15, 0.2) is 0 Å². The van der Waals surface area contributed by atoms with Crippen molar-refractivity contribution in [1.82, 2.24) is 0 Å². The Balaban J connectivity index is 0.000000837. The van der Waals surface area contributed by atoms with Crippen LogP contribution in [0, 0.1) is 0 Å². The summed E-state index contributed by atoms with van der Waals surface area (Å²) in [5.41, 5.74) is 1.23. The van der Waals surface area contributed by atoms with E-state index in [1.165, 1.54) is 0 Å². The number of rotatable bonds is 5. The molecular weight excluding hydrogens is 680 g/mol. The highest BCUT2D eigenvalue weighted by Gasteiger charge is 2.37. The van der Waals surface area contributed by atoms with Crippen LogP contribution in [0.3, 0.4) is 0 Å². The van der Waals surface area contributed by atoms with Gasteiger partial charge in [-0.3, -0.25) is 0 Å². The zero-order chi connectivity index (χ0) is 24.1. The second kappa shape index (κ2) is 11.4. The van der Waals surface area contributed by atoms with Crippen LogP contribution in [0.25, 0.3) is 0 Å². The second-order valence-electron chi connectivity index (χ2n) is 6.74. The molecule has 0 aliphatic rings. The Morgan fingerprint density at radius 3 is 1.78 bits per heavy atom. The molecule has 0 radical (unpaired) electrons. The number of para-hydroxylation sites is 1. The molecule has 3 aromatic carbocycles. The van der Waals surface area contributed by atoms with E-state index in [9.17, 15) is 10.2 Å². The molecular formula is C22H18Br4O6. The van der Waals surface area contributed by atoms with Gasteiger partial charge in [-0.25, -0.2) is 4.79 Å². The highest BCUT2D eigenvalue weighted by atomic mass is 79.9. The first-order valence-corrected chi connectivity index (χ1v) is 12.1. The number of aromatic hydroxyl groups is 2. The van der Waals surface area contributed by atoms with Crippen LogP contribution in [0.1, 0.15) is 18.1 Å². The minimum absolute atomic E-state index is 0.0968. The molecule has 0 saturated carbocycles. The van der Waals surface area contributed by atoms with Crippen molar-refractivity contribution in [3.8, 4) is 17.2 Å². The van der Waals surface area contributed by atoms with E-state index >= 15 is 0 Å². The van der Waals surface area contributed by atoms with Crippen molar-refractivity contribution < 1.29 is 30.0 Å². The van der Waals surface area contributed by atoms with Gasteiger partial charge < -0.3 is 25.2 Å². The standard InChI is InChI=1S/C21H16Br4O3.CH2O3/c1-21(12-7-9-13(26)10-8-12,11-28-14-5-3-2-4-6-14)15-16(22)18(24)20(27)19(25)17(15)23;2-1(3)4/h2-10,26-27H,11H2,1H3;(H2,2,3,4). The first kappa shape index (κ1) is 26.5. The molecule has 6 nitrogen and oxygen atoms in total. The minimum Gasteiger partial charge on any atom is -0.508 e. The largest absolute Gasteiger partial charge is 0.508 e. The highest BCUT2D eigenvalue weighted by Crippen LogP contribution is 2.51. The number of halogens is 4. The fourth-order valence-corrected chi connectivity index (χ4v) is 5.95. The number of carbonyl (C=O) groups is 1. The van der Waals surface area contributed by atoms with Gasteiger partial charge in [0.1, 0.15) is 23.9 Å². The lowest BCUT2D eigenvalue weighted by molar-refractivity contribution is 0.137. The Hall–Kier alpha value is -1.75. The SMILES string of the molecule is CC(COc1ccccc1)(c1ccc(O)cc1)c1c(Br)c(Br)c(O)c(Br)c1Br.O=C(O)O. The van der Waals surface area contributed by atoms with Gasteiger partial charge in [0.2, 0.25) is 0 Å². The zero-order valence-electron chi connectivity index (χ0n) is 16.5. The van der Waals surface area contributed by atoms with E-state index in [1.54, 1.807) is 12.1 Å². The van der Waals surface area contributed by atoms with Crippen LogP contribution in [0.4, 0.5) is 4.79 Å². The number of hydrogen-bond donors (Lipinski definition) is 4. The minimum atomic E-state index is -1.83. The third-order valence-corrected chi connectivity index (χ3v) is 8.76. The van der Waals surface area contributed by atoms with E-state index < -0.39 is 11.6 Å². The topological polar surface area (TPSA) is 107 Å². The highest BCUT2D eigenvalue weighted by molar-refractivity contribution is 9.14. The van der Waals surface area contributed by atoms with Gasteiger partial charge in [-0.2, -0.15) is 0 Å². The van der Waals surface area contributed by atoms with Gasteiger partial charge in [0.05, 0.1) is 14.4 Å². The van der Waals surface area contributed by atoms with E-state index in [-0.39, 0.29) is 11.5 Å². The van der Waals surface area contributed by atoms with Crippen molar-refractivity contribution in [2.45, 2.75) is 12.3 Å². The predicted molar refractivity (Wildman–Crippen MR) is 136 cm³/mol. The third kappa shape index (κ3) is 6.18. The normalized spacial score (nSPS) is 12.3. The van der Waals surface area contributed by atoms with Gasteiger partial charge in [0, 0.05) is 8.95 Å². The molecule has 32 heavy (non-hydrogen) atoms. The van der Waals surface area contributed by atoms with Crippen molar-refractivity contribution in [2.75, 3.05) is 6.61 Å². The van der Waals surface area contributed by atoms with Crippen LogP contribution in [0.2, 0.25) is 0 Å². The Bertz CT molecular complexity index is 1060. The van der Waals surface area contributed by atoms with Crippen molar-refractivity contribution in [2.24, 2.45) is 0 Å². The molecule has 0 aromatic heterocycles. The maximum atomic E-state index is 10.4. The number of ether oxygens (including phenoxy) is 1. The molecule has 4 N–H and O–H groups in total. The molecule has 0 fully saturated rings. The van der Waals surface area contributed by atoms with E-state index in [0.717, 1.165) is 16.9 Å². The Morgan fingerprint density at radius 2 is 1.31 bits per heavy atom. The number of hydrogen-bond acceptors (Lipinski definition) is 4. The van der Waals surface area contributed by atoms with E-state index in [0.29, 0.717) is 24.5 Å². The van der Waals surface area contributed by atoms with Crippen LogP contribution in [-0.2, 0) is 5.41 Å². The van der Waals surface area contributed by atoms with Gasteiger partial charge >= 0.3 is 6.16 Å². The van der Waals surface area contributed by atoms with Crippen LogP contribution < -0.4 is 4.74 Å². The second-order valence-corrected chi connectivity index (χ2v) is 9.91. The zero-order valence-corrected chi connectivity index (χ0v) is 22.9. The van der Waals surface area contributed by atoms with Gasteiger partial charge in [-0.15, -0.1) is 0 Å². The molecule has 170 valence electrons. The molecule has 3 aromatic rings. The van der Waals surface area contributed by atoms with E-state index in [1.807, 2.05) is 42.5 Å². The fourth-order valence-electron chi connectivity index (χ4n) is 2.98. The molecule has 0 aliphatic carbocycles. The van der Waals surface area contributed by atoms with E-state index in [4.69, 9.17) is 19.7 Å². The number of phenols is 2. The summed E-state index contributed by atoms with van der Waals surface area (Å²) in [5, 5.41) is 34.0. The quantitative estimate of drug-likeness (QED) is 0.203. The Kier molecular flexibility index (Phi) is 9.44. The average molecular weight is 698 g/mol. The first-order valence-electron chi connectivity index (χ1n) is 8.93. The molecule has 0 heterocycles. The molecule has 0 amide bonds. The summed E-state index contributed by atoms with van der Waals surface area (Å²) < 4.78 is 8.65. The monoisotopic (exact) mass is 694 g/mol. The lowest BCUT2D eigenvalue weighted by Gasteiger charge is -2.33. The molecule has 0 saturated heterocycles. The number of phenolic OH excluding ortho intramolecular Hbond substituents is 2. The summed E-state index contributed by atoms with van der Waals surface area (Å²) >= 11 is 14.2.